The molecule has 4 nitrogen and oxygen atoms in total. The summed E-state index contributed by atoms with van der Waals surface area (Å²) in [5.41, 5.74) is 3.13. The lowest BCUT2D eigenvalue weighted by Gasteiger charge is -2.06. The first-order valence-electron chi connectivity index (χ1n) is 6.00. The standard InChI is InChI=1S/C14H16N2O2/c1-3-8-16-13(9-12(15-16)14(17)18)11-6-4-10(2)5-7-11/h4-7,9H,3,8H2,1-2H3,(H,17,18). The van der Waals surface area contributed by atoms with Gasteiger partial charge in [-0.25, -0.2) is 4.79 Å². The molecule has 94 valence electrons. The molecular formula is C14H16N2O2. The van der Waals surface area contributed by atoms with Crippen molar-refractivity contribution in [2.45, 2.75) is 26.8 Å². The number of benzene rings is 1. The largest absolute Gasteiger partial charge is 0.476 e. The monoisotopic (exact) mass is 244 g/mol. The summed E-state index contributed by atoms with van der Waals surface area (Å²) in [5, 5.41) is 13.1. The summed E-state index contributed by atoms with van der Waals surface area (Å²) in [4.78, 5) is 11.0. The van der Waals surface area contributed by atoms with E-state index in [0.29, 0.717) is 0 Å². The summed E-state index contributed by atoms with van der Waals surface area (Å²) in [6.45, 7) is 4.79. The van der Waals surface area contributed by atoms with Crippen molar-refractivity contribution in [3.05, 3.63) is 41.6 Å². The molecule has 18 heavy (non-hydrogen) atoms. The minimum atomic E-state index is -0.988. The number of hydrogen-bond acceptors (Lipinski definition) is 2. The lowest BCUT2D eigenvalue weighted by Crippen LogP contribution is -2.04. The Morgan fingerprint density at radius 1 is 1.33 bits per heavy atom. The zero-order valence-corrected chi connectivity index (χ0v) is 10.6. The van der Waals surface area contributed by atoms with Crippen molar-refractivity contribution in [3.8, 4) is 11.3 Å². The summed E-state index contributed by atoms with van der Waals surface area (Å²) in [6.07, 6.45) is 0.916. The number of hydrogen-bond donors (Lipinski definition) is 1. The van der Waals surface area contributed by atoms with Gasteiger partial charge in [-0.05, 0) is 25.0 Å². The lowest BCUT2D eigenvalue weighted by atomic mass is 10.1. The fourth-order valence-electron chi connectivity index (χ4n) is 1.86. The van der Waals surface area contributed by atoms with Crippen molar-refractivity contribution in [2.24, 2.45) is 0 Å². The molecule has 4 heteroatoms. The highest BCUT2D eigenvalue weighted by Gasteiger charge is 2.13. The van der Waals surface area contributed by atoms with Gasteiger partial charge in [-0.3, -0.25) is 4.68 Å². The van der Waals surface area contributed by atoms with E-state index < -0.39 is 5.97 Å². The molecule has 0 aliphatic rings. The van der Waals surface area contributed by atoms with Crippen LogP contribution in [0.2, 0.25) is 0 Å². The van der Waals surface area contributed by atoms with Gasteiger partial charge in [0, 0.05) is 6.54 Å². The van der Waals surface area contributed by atoms with Gasteiger partial charge in [0.2, 0.25) is 0 Å². The molecule has 0 fully saturated rings. The highest BCUT2D eigenvalue weighted by Crippen LogP contribution is 2.21. The molecule has 0 saturated carbocycles. The van der Waals surface area contributed by atoms with Gasteiger partial charge in [0.1, 0.15) is 0 Å². The van der Waals surface area contributed by atoms with Crippen LogP contribution in [0.4, 0.5) is 0 Å². The van der Waals surface area contributed by atoms with Crippen LogP contribution in [-0.4, -0.2) is 20.9 Å². The lowest BCUT2D eigenvalue weighted by molar-refractivity contribution is 0.0689. The molecule has 2 rings (SSSR count). The summed E-state index contributed by atoms with van der Waals surface area (Å²) in [6, 6.07) is 9.63. The second kappa shape index (κ2) is 5.04. The zero-order valence-electron chi connectivity index (χ0n) is 10.6. The van der Waals surface area contributed by atoms with E-state index in [9.17, 15) is 4.79 Å². The number of carboxylic acids is 1. The summed E-state index contributed by atoms with van der Waals surface area (Å²) >= 11 is 0. The third-order valence-corrected chi connectivity index (χ3v) is 2.78. The predicted molar refractivity (Wildman–Crippen MR) is 69.7 cm³/mol. The molecule has 1 heterocycles. The highest BCUT2D eigenvalue weighted by atomic mass is 16.4. The molecule has 0 saturated heterocycles. The SMILES string of the molecule is CCCn1nc(C(=O)O)cc1-c1ccc(C)cc1. The van der Waals surface area contributed by atoms with E-state index in [0.717, 1.165) is 24.2 Å². The molecule has 0 unspecified atom stereocenters. The Bertz CT molecular complexity index is 556. The smallest absolute Gasteiger partial charge is 0.356 e. The molecule has 1 aromatic carbocycles. The van der Waals surface area contributed by atoms with Crippen LogP contribution in [0.1, 0.15) is 29.4 Å². The number of nitrogens with zero attached hydrogens (tertiary/aromatic N) is 2. The van der Waals surface area contributed by atoms with Crippen LogP contribution in [0.25, 0.3) is 11.3 Å². The van der Waals surface area contributed by atoms with Crippen LogP contribution in [0.5, 0.6) is 0 Å². The minimum absolute atomic E-state index is 0.0963. The molecule has 0 spiro atoms. The van der Waals surface area contributed by atoms with E-state index in [1.54, 1.807) is 10.7 Å². The number of aromatic carboxylic acids is 1. The zero-order chi connectivity index (χ0) is 13.1. The first-order valence-corrected chi connectivity index (χ1v) is 6.00. The van der Waals surface area contributed by atoms with Gasteiger partial charge in [-0.2, -0.15) is 5.10 Å². The van der Waals surface area contributed by atoms with Crippen molar-refractivity contribution in [3.63, 3.8) is 0 Å². The fraction of sp³-hybridized carbons (Fsp3) is 0.286. The van der Waals surface area contributed by atoms with Crippen LogP contribution in [0.15, 0.2) is 30.3 Å². The Morgan fingerprint density at radius 2 is 2.00 bits per heavy atom. The van der Waals surface area contributed by atoms with Crippen molar-refractivity contribution >= 4 is 5.97 Å². The molecule has 1 aromatic heterocycles. The highest BCUT2D eigenvalue weighted by molar-refractivity contribution is 5.87. The van der Waals surface area contributed by atoms with Gasteiger partial charge in [-0.1, -0.05) is 36.8 Å². The van der Waals surface area contributed by atoms with Crippen molar-refractivity contribution in [1.82, 2.24) is 9.78 Å². The predicted octanol–water partition coefficient (Wildman–Crippen LogP) is 2.97. The van der Waals surface area contributed by atoms with E-state index in [4.69, 9.17) is 5.11 Å². The van der Waals surface area contributed by atoms with Crippen molar-refractivity contribution in [1.29, 1.82) is 0 Å². The second-order valence-electron chi connectivity index (χ2n) is 4.31. The molecule has 0 bridgehead atoms. The van der Waals surface area contributed by atoms with Gasteiger partial charge >= 0.3 is 5.97 Å². The maximum Gasteiger partial charge on any atom is 0.356 e. The van der Waals surface area contributed by atoms with Crippen LogP contribution >= 0.6 is 0 Å². The van der Waals surface area contributed by atoms with Gasteiger partial charge in [0.15, 0.2) is 5.69 Å². The molecule has 0 aliphatic heterocycles. The Morgan fingerprint density at radius 3 is 2.56 bits per heavy atom. The van der Waals surface area contributed by atoms with E-state index >= 15 is 0 Å². The number of aromatic nitrogens is 2. The van der Waals surface area contributed by atoms with Crippen molar-refractivity contribution < 1.29 is 9.90 Å². The molecule has 1 N–H and O–H groups in total. The van der Waals surface area contributed by atoms with Crippen LogP contribution in [0, 0.1) is 6.92 Å². The molecule has 0 atom stereocenters. The fourth-order valence-corrected chi connectivity index (χ4v) is 1.86. The molecule has 2 aromatic rings. The third kappa shape index (κ3) is 2.42. The van der Waals surface area contributed by atoms with Gasteiger partial charge in [-0.15, -0.1) is 0 Å². The van der Waals surface area contributed by atoms with Crippen LogP contribution < -0.4 is 0 Å². The van der Waals surface area contributed by atoms with Crippen molar-refractivity contribution in [2.75, 3.05) is 0 Å². The van der Waals surface area contributed by atoms with E-state index in [1.165, 1.54) is 5.56 Å². The van der Waals surface area contributed by atoms with E-state index in [1.807, 2.05) is 38.1 Å². The molecule has 0 radical (unpaired) electrons. The van der Waals surface area contributed by atoms with Gasteiger partial charge < -0.3 is 5.11 Å². The third-order valence-electron chi connectivity index (χ3n) is 2.78. The molecule has 0 aliphatic carbocycles. The molecule has 0 amide bonds. The molecular weight excluding hydrogens is 228 g/mol. The average molecular weight is 244 g/mol. The maximum absolute atomic E-state index is 11.0. The topological polar surface area (TPSA) is 55.1 Å². The Kier molecular flexibility index (Phi) is 3.46. The van der Waals surface area contributed by atoms with E-state index in [2.05, 4.69) is 5.10 Å². The summed E-state index contributed by atoms with van der Waals surface area (Å²) in [5.74, 6) is -0.988. The number of rotatable bonds is 4. The van der Waals surface area contributed by atoms with E-state index in [-0.39, 0.29) is 5.69 Å². The minimum Gasteiger partial charge on any atom is -0.476 e. The number of carboxylic acid groups (broad SMARTS) is 1. The second-order valence-corrected chi connectivity index (χ2v) is 4.31. The van der Waals surface area contributed by atoms with Crippen LogP contribution in [0.3, 0.4) is 0 Å². The Labute approximate surface area is 106 Å². The summed E-state index contributed by atoms with van der Waals surface area (Å²) in [7, 11) is 0. The van der Waals surface area contributed by atoms with Crippen LogP contribution in [-0.2, 0) is 6.54 Å². The maximum atomic E-state index is 11.0. The van der Waals surface area contributed by atoms with Gasteiger partial charge in [0.05, 0.1) is 5.69 Å². The van der Waals surface area contributed by atoms with Gasteiger partial charge in [0.25, 0.3) is 0 Å². The first kappa shape index (κ1) is 12.4. The number of carbonyl (C=O) groups is 1. The Hall–Kier alpha value is -2.10. The normalized spacial score (nSPS) is 10.6. The first-order chi connectivity index (χ1) is 8.61. The summed E-state index contributed by atoms with van der Waals surface area (Å²) < 4.78 is 1.76. The Balaban J connectivity index is 2.47. The quantitative estimate of drug-likeness (QED) is 0.899. The number of aryl methyl sites for hydroxylation is 2. The average Bonchev–Trinajstić information content (AvgIpc) is 2.75.